The number of carbonyl (C=O) groups excluding carboxylic acids is 1. The van der Waals surface area contributed by atoms with E-state index in [9.17, 15) is 4.79 Å². The molecule has 8 heteroatoms. The second kappa shape index (κ2) is 6.57. The minimum Gasteiger partial charge on any atom is -0.369 e. The van der Waals surface area contributed by atoms with Crippen LogP contribution in [-0.4, -0.2) is 56.6 Å². The molecular formula is C22H26N6O2. The number of hydrogen-bond acceptors (Lipinski definition) is 5. The summed E-state index contributed by atoms with van der Waals surface area (Å²) < 4.78 is 10.3. The normalized spacial score (nSPS) is 29.6. The van der Waals surface area contributed by atoms with Gasteiger partial charge in [-0.3, -0.25) is 9.48 Å². The molecule has 3 fully saturated rings. The molecule has 1 N–H and O–H groups in total. The van der Waals surface area contributed by atoms with Gasteiger partial charge in [-0.15, -0.1) is 0 Å². The van der Waals surface area contributed by atoms with Gasteiger partial charge in [-0.1, -0.05) is 0 Å². The van der Waals surface area contributed by atoms with Gasteiger partial charge in [0.1, 0.15) is 12.2 Å². The lowest BCUT2D eigenvalue weighted by atomic mass is 9.73. The van der Waals surface area contributed by atoms with Crippen molar-refractivity contribution in [3.05, 3.63) is 43.0 Å². The number of pyridine rings is 1. The largest absolute Gasteiger partial charge is 0.369 e. The van der Waals surface area contributed by atoms with Crippen LogP contribution in [-0.2, 0) is 23.1 Å². The van der Waals surface area contributed by atoms with Gasteiger partial charge in [-0.2, -0.15) is 5.10 Å². The van der Waals surface area contributed by atoms with E-state index < -0.39 is 0 Å². The quantitative estimate of drug-likeness (QED) is 0.696. The van der Waals surface area contributed by atoms with Crippen LogP contribution >= 0.6 is 0 Å². The zero-order chi connectivity index (χ0) is 20.3. The Hall–Kier alpha value is -2.87. The maximum Gasteiger partial charge on any atom is 0.241 e. The van der Waals surface area contributed by atoms with E-state index in [-0.39, 0.29) is 24.2 Å². The van der Waals surface area contributed by atoms with E-state index >= 15 is 0 Å². The molecule has 30 heavy (non-hydrogen) atoms. The molecular weight excluding hydrogens is 380 g/mol. The van der Waals surface area contributed by atoms with Gasteiger partial charge in [0.05, 0.1) is 11.7 Å². The average molecular weight is 406 g/mol. The van der Waals surface area contributed by atoms with Crippen molar-refractivity contribution in [1.82, 2.24) is 24.6 Å². The first-order valence-electron chi connectivity index (χ1n) is 10.7. The summed E-state index contributed by atoms with van der Waals surface area (Å²) >= 11 is 0. The van der Waals surface area contributed by atoms with E-state index in [1.165, 1.54) is 11.1 Å². The Morgan fingerprint density at radius 3 is 3.13 bits per heavy atom. The zero-order valence-corrected chi connectivity index (χ0v) is 17.1. The van der Waals surface area contributed by atoms with E-state index in [1.807, 2.05) is 25.5 Å². The summed E-state index contributed by atoms with van der Waals surface area (Å²) in [6, 6.07) is 6.10. The number of nitrogens with one attached hydrogen (secondary N) is 1. The van der Waals surface area contributed by atoms with Crippen molar-refractivity contribution >= 4 is 22.6 Å². The monoisotopic (exact) mass is 406 g/mol. The number of nitrogens with zero attached hydrogens (tertiary/aromatic N) is 5. The predicted molar refractivity (Wildman–Crippen MR) is 112 cm³/mol. The number of anilines is 1. The Labute approximate surface area is 174 Å². The number of ether oxygens (including phenoxy) is 1. The van der Waals surface area contributed by atoms with E-state index in [0.29, 0.717) is 18.4 Å². The first-order chi connectivity index (χ1) is 14.6. The second-order valence-corrected chi connectivity index (χ2v) is 8.91. The molecule has 1 spiro atoms. The Morgan fingerprint density at radius 1 is 1.33 bits per heavy atom. The van der Waals surface area contributed by atoms with Gasteiger partial charge in [-0.25, -0.2) is 4.98 Å². The summed E-state index contributed by atoms with van der Waals surface area (Å²) in [5, 5.41) is 8.44. The highest BCUT2D eigenvalue weighted by Gasteiger charge is 2.63. The molecule has 0 unspecified atom stereocenters. The summed E-state index contributed by atoms with van der Waals surface area (Å²) in [5.74, 6) is 0.803. The van der Waals surface area contributed by atoms with Crippen molar-refractivity contribution in [3.8, 4) is 0 Å². The predicted octanol–water partition coefficient (Wildman–Crippen LogP) is 1.57. The van der Waals surface area contributed by atoms with Crippen LogP contribution in [0.4, 0.5) is 5.69 Å². The van der Waals surface area contributed by atoms with Crippen LogP contribution in [0.3, 0.4) is 0 Å². The van der Waals surface area contributed by atoms with Crippen molar-refractivity contribution < 1.29 is 9.53 Å². The highest BCUT2D eigenvalue weighted by molar-refractivity contribution is 5.90. The molecule has 1 amide bonds. The number of amides is 1. The standard InChI is InChI=1S/C22H26N6O2/c1-26-10-5-15-18(4-8-23-21(15)26)27-12-17-16(19-3-6-22(17,14-27)30-19)11-24-20(29)13-28-9-2-7-25-28/h2,4-5,7-10,16-17,19H,3,6,11-14H2,1H3,(H,24,29)/t16-,17+,19+,22+/m0/s1. The van der Waals surface area contributed by atoms with E-state index in [2.05, 4.69) is 43.2 Å². The number of carbonyl (C=O) groups is 1. The molecule has 0 aromatic carbocycles. The van der Waals surface area contributed by atoms with E-state index in [4.69, 9.17) is 4.74 Å². The zero-order valence-electron chi connectivity index (χ0n) is 17.1. The number of aromatic nitrogens is 4. The van der Waals surface area contributed by atoms with Gasteiger partial charge in [0, 0.05) is 74.4 Å². The van der Waals surface area contributed by atoms with E-state index in [1.54, 1.807) is 10.9 Å². The molecule has 3 aromatic heterocycles. The highest BCUT2D eigenvalue weighted by Crippen LogP contribution is 2.55. The van der Waals surface area contributed by atoms with Crippen LogP contribution in [0.5, 0.6) is 0 Å². The Kier molecular flexibility index (Phi) is 3.93. The number of hydrogen-bond donors (Lipinski definition) is 1. The van der Waals surface area contributed by atoms with Crippen molar-refractivity contribution in [1.29, 1.82) is 0 Å². The first kappa shape index (κ1) is 17.9. The van der Waals surface area contributed by atoms with Gasteiger partial charge >= 0.3 is 0 Å². The van der Waals surface area contributed by atoms with Gasteiger partial charge in [0.15, 0.2) is 0 Å². The third-order valence-electron chi connectivity index (χ3n) is 7.27. The fraction of sp³-hybridized carbons (Fsp3) is 0.500. The molecule has 6 heterocycles. The fourth-order valence-electron chi connectivity index (χ4n) is 5.90. The molecule has 2 bridgehead atoms. The lowest BCUT2D eigenvalue weighted by Crippen LogP contribution is -2.42. The van der Waals surface area contributed by atoms with Crippen LogP contribution in [0, 0.1) is 11.8 Å². The smallest absolute Gasteiger partial charge is 0.241 e. The summed E-state index contributed by atoms with van der Waals surface area (Å²) in [5.41, 5.74) is 2.17. The molecule has 8 nitrogen and oxygen atoms in total. The SMILES string of the molecule is Cn1ccc2c(N3C[C@@H]4[C@H](CNC(=O)Cn5cccn5)[C@H]5CC[C@]4(C3)O5)ccnc21. The van der Waals surface area contributed by atoms with Crippen molar-refractivity contribution in [2.75, 3.05) is 24.5 Å². The van der Waals surface area contributed by atoms with Crippen molar-refractivity contribution in [2.24, 2.45) is 18.9 Å². The Morgan fingerprint density at radius 2 is 2.27 bits per heavy atom. The van der Waals surface area contributed by atoms with Crippen LogP contribution in [0.2, 0.25) is 0 Å². The maximum absolute atomic E-state index is 12.4. The molecule has 3 aliphatic heterocycles. The van der Waals surface area contributed by atoms with Crippen molar-refractivity contribution in [2.45, 2.75) is 31.1 Å². The summed E-state index contributed by atoms with van der Waals surface area (Å²) in [4.78, 5) is 19.4. The average Bonchev–Trinajstić information content (AvgIpc) is 3.54. The molecule has 3 aromatic rings. The van der Waals surface area contributed by atoms with Crippen LogP contribution in [0.1, 0.15) is 12.8 Å². The minimum atomic E-state index is -0.0770. The Bertz CT molecular complexity index is 1090. The van der Waals surface area contributed by atoms with Crippen LogP contribution in [0.15, 0.2) is 43.0 Å². The highest BCUT2D eigenvalue weighted by atomic mass is 16.5. The molecule has 4 atom stereocenters. The molecule has 0 radical (unpaired) electrons. The van der Waals surface area contributed by atoms with Gasteiger partial charge in [-0.05, 0) is 31.0 Å². The van der Waals surface area contributed by atoms with Crippen LogP contribution < -0.4 is 10.2 Å². The summed E-state index contributed by atoms with van der Waals surface area (Å²) in [6.07, 6.45) is 9.92. The maximum atomic E-state index is 12.4. The molecule has 156 valence electrons. The molecule has 0 aliphatic carbocycles. The number of fused-ring (bicyclic) bond motifs is 2. The van der Waals surface area contributed by atoms with Gasteiger partial charge in [0.2, 0.25) is 5.91 Å². The topological polar surface area (TPSA) is 77.2 Å². The first-order valence-corrected chi connectivity index (χ1v) is 10.7. The molecule has 6 rings (SSSR count). The second-order valence-electron chi connectivity index (χ2n) is 8.91. The van der Waals surface area contributed by atoms with Gasteiger partial charge in [0.25, 0.3) is 0 Å². The van der Waals surface area contributed by atoms with Crippen LogP contribution in [0.25, 0.3) is 11.0 Å². The van der Waals surface area contributed by atoms with Crippen molar-refractivity contribution in [3.63, 3.8) is 0 Å². The summed E-state index contributed by atoms with van der Waals surface area (Å²) in [7, 11) is 2.03. The lowest BCUT2D eigenvalue weighted by molar-refractivity contribution is -0.122. The number of aryl methyl sites for hydroxylation is 1. The minimum absolute atomic E-state index is 0.00510. The Balaban J connectivity index is 1.19. The fourth-order valence-corrected chi connectivity index (χ4v) is 5.90. The molecule has 3 saturated heterocycles. The molecule has 0 saturated carbocycles. The summed E-state index contributed by atoms with van der Waals surface area (Å²) in [6.45, 7) is 2.81. The van der Waals surface area contributed by atoms with Gasteiger partial charge < -0.3 is 19.5 Å². The number of rotatable bonds is 5. The molecule has 3 aliphatic rings. The third-order valence-corrected chi connectivity index (χ3v) is 7.27. The lowest BCUT2D eigenvalue weighted by Gasteiger charge is -2.29. The van der Waals surface area contributed by atoms with E-state index in [0.717, 1.165) is 31.6 Å². The third kappa shape index (κ3) is 2.66.